The lowest BCUT2D eigenvalue weighted by Crippen LogP contribution is -2.40. The third kappa shape index (κ3) is 3.14. The average Bonchev–Trinajstić information content (AvgIpc) is 2.48. The molecule has 1 heterocycles. The number of rotatable bonds is 3. The van der Waals surface area contributed by atoms with E-state index in [1.807, 2.05) is 0 Å². The normalized spacial score (nSPS) is 16.6. The molecule has 0 aliphatic rings. The summed E-state index contributed by atoms with van der Waals surface area (Å²) >= 11 is 1.85. The molecule has 2 nitrogen and oxygen atoms in total. The molecule has 0 radical (unpaired) electrons. The molecule has 0 aromatic carbocycles. The van der Waals surface area contributed by atoms with E-state index in [0.717, 1.165) is 0 Å². The highest BCUT2D eigenvalue weighted by molar-refractivity contribution is 8.01. The Hall–Kier alpha value is -0.270. The van der Waals surface area contributed by atoms with Gasteiger partial charge in [-0.2, -0.15) is 13.2 Å². The summed E-state index contributed by atoms with van der Waals surface area (Å²) in [7, 11) is 0. The van der Waals surface area contributed by atoms with Gasteiger partial charge in [0, 0.05) is 17.6 Å². The van der Waals surface area contributed by atoms with Crippen LogP contribution in [0.4, 0.5) is 13.2 Å². The minimum absolute atomic E-state index is 0.393. The molecule has 1 rings (SSSR count). The molecule has 0 saturated carbocycles. The van der Waals surface area contributed by atoms with Gasteiger partial charge < -0.3 is 5.73 Å². The fourth-order valence-electron chi connectivity index (χ4n) is 0.849. The predicted molar refractivity (Wildman–Crippen MR) is 51.5 cm³/mol. The quantitative estimate of drug-likeness (QED) is 0.828. The fourth-order valence-corrected chi connectivity index (χ4v) is 2.60. The number of hydrogen-bond donors (Lipinski definition) is 1. The lowest BCUT2D eigenvalue weighted by molar-refractivity contribution is -0.131. The Kier molecular flexibility index (Phi) is 3.79. The van der Waals surface area contributed by atoms with Gasteiger partial charge in [0.1, 0.15) is 9.59 Å². The Bertz CT molecular complexity index is 271. The lowest BCUT2D eigenvalue weighted by atomic mass is 10.2. The predicted octanol–water partition coefficient (Wildman–Crippen LogP) is 2.51. The van der Waals surface area contributed by atoms with Crippen LogP contribution in [0.15, 0.2) is 15.9 Å². The second kappa shape index (κ2) is 4.50. The Balaban J connectivity index is 2.71. The Morgan fingerprint density at radius 3 is 2.57 bits per heavy atom. The molecule has 0 bridgehead atoms. The number of halogens is 3. The van der Waals surface area contributed by atoms with Crippen LogP contribution in [0.5, 0.6) is 0 Å². The minimum atomic E-state index is -4.29. The zero-order chi connectivity index (χ0) is 10.8. The maximum absolute atomic E-state index is 12.4. The highest BCUT2D eigenvalue weighted by atomic mass is 32.2. The summed E-state index contributed by atoms with van der Waals surface area (Å²) in [5.41, 5.74) is 5.28. The van der Waals surface area contributed by atoms with Crippen LogP contribution in [-0.2, 0) is 0 Å². The summed E-state index contributed by atoms with van der Waals surface area (Å²) in [5.74, 6) is 0. The molecule has 2 atom stereocenters. The average molecular weight is 242 g/mol. The summed E-state index contributed by atoms with van der Waals surface area (Å²) in [6.07, 6.45) is -2.81. The molecule has 14 heavy (non-hydrogen) atoms. The summed E-state index contributed by atoms with van der Waals surface area (Å²) in [6, 6.07) is -0.941. The van der Waals surface area contributed by atoms with Crippen molar-refractivity contribution in [3.05, 3.63) is 11.6 Å². The molecular weight excluding hydrogens is 233 g/mol. The summed E-state index contributed by atoms with van der Waals surface area (Å²) in [4.78, 5) is 3.78. The summed E-state index contributed by atoms with van der Waals surface area (Å²) in [5, 5.41) is 0.0467. The first-order chi connectivity index (χ1) is 6.41. The Morgan fingerprint density at radius 2 is 2.21 bits per heavy atom. The monoisotopic (exact) mass is 242 g/mol. The van der Waals surface area contributed by atoms with Gasteiger partial charge in [0.15, 0.2) is 0 Å². The summed E-state index contributed by atoms with van der Waals surface area (Å²) in [6.45, 7) is 1.35. The van der Waals surface area contributed by atoms with E-state index < -0.39 is 17.5 Å². The molecule has 0 aliphatic heterocycles. The van der Waals surface area contributed by atoms with Gasteiger partial charge in [0.2, 0.25) is 0 Å². The van der Waals surface area contributed by atoms with Gasteiger partial charge in [-0.1, -0.05) is 11.8 Å². The molecule has 0 saturated heterocycles. The number of aromatic nitrogens is 1. The van der Waals surface area contributed by atoms with E-state index in [0.29, 0.717) is 16.1 Å². The van der Waals surface area contributed by atoms with Crippen molar-refractivity contribution >= 4 is 23.1 Å². The molecule has 80 valence electrons. The number of hydrogen-bond acceptors (Lipinski definition) is 4. The van der Waals surface area contributed by atoms with Crippen LogP contribution in [0, 0.1) is 0 Å². The van der Waals surface area contributed by atoms with Crippen molar-refractivity contribution in [2.45, 2.75) is 28.7 Å². The first-order valence-corrected chi connectivity index (χ1v) is 5.55. The third-order valence-electron chi connectivity index (χ3n) is 1.44. The van der Waals surface area contributed by atoms with Crippen LogP contribution in [-0.4, -0.2) is 22.5 Å². The van der Waals surface area contributed by atoms with Gasteiger partial charge in [-0.3, -0.25) is 0 Å². The molecule has 2 N–H and O–H groups in total. The van der Waals surface area contributed by atoms with E-state index in [9.17, 15) is 13.2 Å². The van der Waals surface area contributed by atoms with E-state index in [4.69, 9.17) is 5.73 Å². The Morgan fingerprint density at radius 1 is 1.57 bits per heavy atom. The zero-order valence-electron chi connectivity index (χ0n) is 7.28. The van der Waals surface area contributed by atoms with Gasteiger partial charge in [0.05, 0.1) is 0 Å². The van der Waals surface area contributed by atoms with Gasteiger partial charge in [-0.15, -0.1) is 11.3 Å². The zero-order valence-corrected chi connectivity index (χ0v) is 8.92. The van der Waals surface area contributed by atoms with Crippen LogP contribution >= 0.6 is 23.1 Å². The van der Waals surface area contributed by atoms with Crippen molar-refractivity contribution in [3.63, 3.8) is 0 Å². The second-order valence-corrected chi connectivity index (χ2v) is 5.02. The van der Waals surface area contributed by atoms with E-state index in [-0.39, 0.29) is 0 Å². The number of thiazole rings is 1. The molecule has 0 amide bonds. The van der Waals surface area contributed by atoms with Crippen molar-refractivity contribution < 1.29 is 13.2 Å². The van der Waals surface area contributed by atoms with Crippen LogP contribution in [0.25, 0.3) is 0 Å². The fraction of sp³-hybridized carbons (Fsp3) is 0.571. The largest absolute Gasteiger partial charge is 0.402 e. The number of alkyl halides is 3. The van der Waals surface area contributed by atoms with Crippen LogP contribution in [0.3, 0.4) is 0 Å². The van der Waals surface area contributed by atoms with Crippen molar-refractivity contribution in [2.75, 3.05) is 0 Å². The third-order valence-corrected chi connectivity index (χ3v) is 3.84. The molecule has 0 aliphatic carbocycles. The minimum Gasteiger partial charge on any atom is -0.327 e. The van der Waals surface area contributed by atoms with Gasteiger partial charge >= 0.3 is 6.18 Å². The van der Waals surface area contributed by atoms with Crippen molar-refractivity contribution in [1.82, 2.24) is 4.98 Å². The topological polar surface area (TPSA) is 38.9 Å². The number of thioether (sulfide) groups is 1. The molecular formula is C7H9F3N2S2. The second-order valence-electron chi connectivity index (χ2n) is 2.74. The first kappa shape index (κ1) is 11.8. The van der Waals surface area contributed by atoms with Crippen molar-refractivity contribution in [1.29, 1.82) is 0 Å². The van der Waals surface area contributed by atoms with Gasteiger partial charge in [-0.05, 0) is 6.92 Å². The molecule has 1 aromatic heterocycles. The first-order valence-electron chi connectivity index (χ1n) is 3.79. The molecule has 0 spiro atoms. The van der Waals surface area contributed by atoms with Crippen LogP contribution in [0.2, 0.25) is 0 Å². The van der Waals surface area contributed by atoms with E-state index in [2.05, 4.69) is 4.98 Å². The van der Waals surface area contributed by atoms with Gasteiger partial charge in [0.25, 0.3) is 0 Å². The highest BCUT2D eigenvalue weighted by Crippen LogP contribution is 2.37. The standard InChI is InChI=1S/C7H9F3N2S2/c1-4(11)5(7(8,9)10)14-6-12-2-3-13-6/h2-5H,11H2,1H3. The molecule has 7 heteroatoms. The SMILES string of the molecule is CC(N)C(Sc1nccs1)C(F)(F)F. The molecule has 0 fully saturated rings. The maximum Gasteiger partial charge on any atom is 0.402 e. The van der Waals surface area contributed by atoms with Crippen LogP contribution < -0.4 is 5.73 Å². The smallest absolute Gasteiger partial charge is 0.327 e. The van der Waals surface area contributed by atoms with Crippen molar-refractivity contribution in [3.8, 4) is 0 Å². The summed E-state index contributed by atoms with van der Waals surface area (Å²) < 4.78 is 37.7. The van der Waals surface area contributed by atoms with E-state index in [1.165, 1.54) is 24.5 Å². The number of nitrogens with zero attached hydrogens (tertiary/aromatic N) is 1. The van der Waals surface area contributed by atoms with E-state index in [1.54, 1.807) is 5.38 Å². The van der Waals surface area contributed by atoms with Gasteiger partial charge in [-0.25, -0.2) is 4.98 Å². The maximum atomic E-state index is 12.4. The van der Waals surface area contributed by atoms with Crippen molar-refractivity contribution in [2.24, 2.45) is 5.73 Å². The highest BCUT2D eigenvalue weighted by Gasteiger charge is 2.43. The van der Waals surface area contributed by atoms with Crippen LogP contribution in [0.1, 0.15) is 6.92 Å². The van der Waals surface area contributed by atoms with E-state index >= 15 is 0 Å². The lowest BCUT2D eigenvalue weighted by Gasteiger charge is -2.21. The Labute approximate surface area is 87.7 Å². The molecule has 1 aromatic rings. The molecule has 2 unspecified atom stereocenters. The number of nitrogens with two attached hydrogens (primary N) is 1.